The number of nitrogens with zero attached hydrogens (tertiary/aromatic N) is 3. The summed E-state index contributed by atoms with van der Waals surface area (Å²) in [7, 11) is 0. The predicted octanol–water partition coefficient (Wildman–Crippen LogP) is 3.13. The van der Waals surface area contributed by atoms with Crippen molar-refractivity contribution in [1.82, 2.24) is 14.7 Å². The minimum Gasteiger partial charge on any atom is -0.360 e. The van der Waals surface area contributed by atoms with E-state index in [9.17, 15) is 14.0 Å². The maximum Gasteiger partial charge on any atom is 0.265 e. The molecule has 0 atom stereocenters. The molecule has 1 amide bonds. The molecule has 4 rings (SSSR count). The second-order valence-corrected chi connectivity index (χ2v) is 6.27. The van der Waals surface area contributed by atoms with Gasteiger partial charge in [-0.2, -0.15) is 0 Å². The van der Waals surface area contributed by atoms with Crippen molar-refractivity contribution < 1.29 is 13.7 Å². The van der Waals surface area contributed by atoms with Crippen molar-refractivity contribution >= 4 is 22.8 Å². The molecule has 0 bridgehead atoms. The van der Waals surface area contributed by atoms with Gasteiger partial charge in [0.2, 0.25) is 0 Å². The third kappa shape index (κ3) is 3.39. The first-order valence-corrected chi connectivity index (χ1v) is 8.49. The van der Waals surface area contributed by atoms with E-state index in [1.165, 1.54) is 22.8 Å². The highest BCUT2D eigenvalue weighted by molar-refractivity contribution is 6.05. The molecule has 4 aromatic rings. The average Bonchev–Trinajstić information content (AvgIpc) is 3.10. The molecule has 1 N–H and O–H groups in total. The standard InChI is InChI=1S/C20H15FN4O3/c1-12-9-17(24-28-12)23-19(26)16-10-14-3-2-8-22-18(14)25(20(16)27)11-13-4-6-15(21)7-5-13/h2-10H,11H2,1H3,(H,23,24,26). The van der Waals surface area contributed by atoms with E-state index in [-0.39, 0.29) is 23.7 Å². The number of benzene rings is 1. The molecule has 0 aliphatic heterocycles. The molecule has 0 spiro atoms. The molecule has 3 heterocycles. The Morgan fingerprint density at radius 2 is 2.00 bits per heavy atom. The minimum absolute atomic E-state index is 0.0525. The molecule has 0 saturated heterocycles. The van der Waals surface area contributed by atoms with Gasteiger partial charge >= 0.3 is 0 Å². The first kappa shape index (κ1) is 17.6. The van der Waals surface area contributed by atoms with E-state index >= 15 is 0 Å². The Hall–Kier alpha value is -3.81. The van der Waals surface area contributed by atoms with Gasteiger partial charge in [0.25, 0.3) is 11.5 Å². The van der Waals surface area contributed by atoms with Gasteiger partial charge in [0.15, 0.2) is 5.82 Å². The molecule has 0 radical (unpaired) electrons. The van der Waals surface area contributed by atoms with Crippen LogP contribution in [-0.4, -0.2) is 20.6 Å². The van der Waals surface area contributed by atoms with Crippen molar-refractivity contribution in [3.05, 3.63) is 87.8 Å². The van der Waals surface area contributed by atoms with Gasteiger partial charge in [-0.1, -0.05) is 17.3 Å². The molecular formula is C20H15FN4O3. The predicted molar refractivity (Wildman–Crippen MR) is 101 cm³/mol. The molecule has 1 aromatic carbocycles. The number of carbonyl (C=O) groups excluding carboxylic acids is 1. The molecule has 0 fully saturated rings. The lowest BCUT2D eigenvalue weighted by Crippen LogP contribution is -2.30. The zero-order valence-electron chi connectivity index (χ0n) is 14.8. The number of fused-ring (bicyclic) bond motifs is 1. The molecule has 28 heavy (non-hydrogen) atoms. The molecule has 0 aliphatic carbocycles. The summed E-state index contributed by atoms with van der Waals surface area (Å²) in [4.78, 5) is 30.0. The number of aromatic nitrogens is 3. The van der Waals surface area contributed by atoms with Crippen LogP contribution < -0.4 is 10.9 Å². The fourth-order valence-corrected chi connectivity index (χ4v) is 2.90. The van der Waals surface area contributed by atoms with Gasteiger partial charge in [-0.15, -0.1) is 0 Å². The van der Waals surface area contributed by atoms with Crippen molar-refractivity contribution in [3.8, 4) is 0 Å². The number of hydrogen-bond acceptors (Lipinski definition) is 5. The Balaban J connectivity index is 1.79. The molecule has 8 heteroatoms. The topological polar surface area (TPSA) is 90.0 Å². The van der Waals surface area contributed by atoms with Crippen LogP contribution in [0.15, 0.2) is 64.0 Å². The normalized spacial score (nSPS) is 10.9. The zero-order valence-corrected chi connectivity index (χ0v) is 14.8. The van der Waals surface area contributed by atoms with Crippen LogP contribution in [0, 0.1) is 12.7 Å². The Labute approximate surface area is 158 Å². The van der Waals surface area contributed by atoms with E-state index in [2.05, 4.69) is 15.5 Å². The van der Waals surface area contributed by atoms with Crippen molar-refractivity contribution in [3.63, 3.8) is 0 Å². The summed E-state index contributed by atoms with van der Waals surface area (Å²) < 4.78 is 19.5. The summed E-state index contributed by atoms with van der Waals surface area (Å²) in [5.41, 5.74) is 0.585. The second-order valence-electron chi connectivity index (χ2n) is 6.27. The Morgan fingerprint density at radius 1 is 1.21 bits per heavy atom. The Bertz CT molecular complexity index is 1230. The van der Waals surface area contributed by atoms with Crippen molar-refractivity contribution in [2.24, 2.45) is 0 Å². The van der Waals surface area contributed by atoms with Crippen molar-refractivity contribution in [1.29, 1.82) is 0 Å². The first-order valence-electron chi connectivity index (χ1n) is 8.49. The van der Waals surface area contributed by atoms with Crippen LogP contribution in [0.3, 0.4) is 0 Å². The van der Waals surface area contributed by atoms with Crippen molar-refractivity contribution in [2.45, 2.75) is 13.5 Å². The molecule has 140 valence electrons. The summed E-state index contributed by atoms with van der Waals surface area (Å²) in [5, 5.41) is 6.89. The van der Waals surface area contributed by atoms with E-state index in [1.807, 2.05) is 0 Å². The van der Waals surface area contributed by atoms with E-state index < -0.39 is 11.5 Å². The largest absolute Gasteiger partial charge is 0.360 e. The molecule has 0 unspecified atom stereocenters. The van der Waals surface area contributed by atoms with Crippen LogP contribution in [0.5, 0.6) is 0 Å². The number of carbonyl (C=O) groups is 1. The fourth-order valence-electron chi connectivity index (χ4n) is 2.90. The monoisotopic (exact) mass is 378 g/mol. The fraction of sp³-hybridized carbons (Fsp3) is 0.100. The quantitative estimate of drug-likeness (QED) is 0.589. The number of hydrogen-bond donors (Lipinski definition) is 1. The Morgan fingerprint density at radius 3 is 2.71 bits per heavy atom. The lowest BCUT2D eigenvalue weighted by atomic mass is 10.1. The van der Waals surface area contributed by atoms with E-state index in [4.69, 9.17) is 4.52 Å². The van der Waals surface area contributed by atoms with Crippen LogP contribution in [0.4, 0.5) is 10.2 Å². The molecule has 3 aromatic heterocycles. The van der Waals surface area contributed by atoms with Crippen LogP contribution >= 0.6 is 0 Å². The van der Waals surface area contributed by atoms with E-state index in [1.54, 1.807) is 43.5 Å². The number of pyridine rings is 2. The zero-order chi connectivity index (χ0) is 19.7. The third-order valence-corrected chi connectivity index (χ3v) is 4.22. The van der Waals surface area contributed by atoms with Gasteiger partial charge in [-0.05, 0) is 42.8 Å². The van der Waals surface area contributed by atoms with Crippen LogP contribution in [0.2, 0.25) is 0 Å². The number of amides is 1. The van der Waals surface area contributed by atoms with Gasteiger partial charge in [0.1, 0.15) is 22.8 Å². The van der Waals surface area contributed by atoms with Crippen LogP contribution in [-0.2, 0) is 6.54 Å². The molecule has 0 aliphatic rings. The van der Waals surface area contributed by atoms with Gasteiger partial charge in [-0.3, -0.25) is 14.2 Å². The lowest BCUT2D eigenvalue weighted by molar-refractivity contribution is 0.102. The molecular weight excluding hydrogens is 363 g/mol. The lowest BCUT2D eigenvalue weighted by Gasteiger charge is -2.12. The maximum absolute atomic E-state index is 13.2. The second kappa shape index (κ2) is 7.07. The number of halogens is 1. The first-order chi connectivity index (χ1) is 13.5. The van der Waals surface area contributed by atoms with Gasteiger partial charge in [-0.25, -0.2) is 9.37 Å². The van der Waals surface area contributed by atoms with E-state index in [0.717, 1.165) is 0 Å². The average molecular weight is 378 g/mol. The highest BCUT2D eigenvalue weighted by Gasteiger charge is 2.18. The third-order valence-electron chi connectivity index (χ3n) is 4.22. The molecule has 7 nitrogen and oxygen atoms in total. The Kier molecular flexibility index (Phi) is 4.44. The summed E-state index contributed by atoms with van der Waals surface area (Å²) in [5.74, 6) is -0.211. The highest BCUT2D eigenvalue weighted by atomic mass is 19.1. The van der Waals surface area contributed by atoms with E-state index in [0.29, 0.717) is 22.4 Å². The van der Waals surface area contributed by atoms with Crippen molar-refractivity contribution in [2.75, 3.05) is 5.32 Å². The maximum atomic E-state index is 13.2. The summed E-state index contributed by atoms with van der Waals surface area (Å²) in [6, 6.07) is 12.3. The number of aryl methyl sites for hydroxylation is 1. The number of nitrogens with one attached hydrogen (secondary N) is 1. The molecule has 0 saturated carbocycles. The highest BCUT2D eigenvalue weighted by Crippen LogP contribution is 2.15. The summed E-state index contributed by atoms with van der Waals surface area (Å²) in [6.07, 6.45) is 1.57. The van der Waals surface area contributed by atoms with Gasteiger partial charge in [0.05, 0.1) is 6.54 Å². The number of anilines is 1. The minimum atomic E-state index is -0.600. The smallest absolute Gasteiger partial charge is 0.265 e. The SMILES string of the molecule is Cc1cc(NC(=O)c2cc3cccnc3n(Cc3ccc(F)cc3)c2=O)no1. The van der Waals surface area contributed by atoms with Crippen LogP contribution in [0.25, 0.3) is 11.0 Å². The van der Waals surface area contributed by atoms with Crippen LogP contribution in [0.1, 0.15) is 21.7 Å². The number of rotatable bonds is 4. The summed E-state index contributed by atoms with van der Waals surface area (Å²) in [6.45, 7) is 1.84. The van der Waals surface area contributed by atoms with Gasteiger partial charge < -0.3 is 9.84 Å². The van der Waals surface area contributed by atoms with Gasteiger partial charge in [0, 0.05) is 17.6 Å². The summed E-state index contributed by atoms with van der Waals surface area (Å²) >= 11 is 0.